The number of piperidine rings is 1. The normalized spacial score (nSPS) is 21.1. The largest absolute Gasteiger partial charge is 0.375 e. The van der Waals surface area contributed by atoms with Crippen LogP contribution in [0.1, 0.15) is 43.2 Å². The second-order valence-corrected chi connectivity index (χ2v) is 11.5. The summed E-state index contributed by atoms with van der Waals surface area (Å²) < 4.78 is 27.4. The second-order valence-electron chi connectivity index (χ2n) is 8.47. The van der Waals surface area contributed by atoms with E-state index in [9.17, 15) is 8.42 Å². The Morgan fingerprint density at radius 1 is 1.20 bits per heavy atom. The molecule has 1 aromatic heterocycles. The monoisotopic (exact) mass is 448 g/mol. The molecule has 1 atom stereocenters. The Kier molecular flexibility index (Phi) is 6.77. The van der Waals surface area contributed by atoms with Crippen molar-refractivity contribution in [2.45, 2.75) is 56.4 Å². The van der Waals surface area contributed by atoms with Crippen LogP contribution in [0, 0.1) is 5.92 Å². The van der Waals surface area contributed by atoms with E-state index in [2.05, 4.69) is 16.8 Å². The number of sulfonamides is 1. The van der Waals surface area contributed by atoms with Crippen LogP contribution in [0.5, 0.6) is 0 Å². The molecule has 0 radical (unpaired) electrons. The minimum Gasteiger partial charge on any atom is -0.375 e. The smallest absolute Gasteiger partial charge is 0.243 e. The lowest BCUT2D eigenvalue weighted by atomic mass is 9.92. The first-order valence-electron chi connectivity index (χ1n) is 11.0. The number of hydrogen-bond acceptors (Lipinski definition) is 6. The van der Waals surface area contributed by atoms with Crippen molar-refractivity contribution in [1.29, 1.82) is 0 Å². The minimum absolute atomic E-state index is 0.401. The van der Waals surface area contributed by atoms with Crippen molar-refractivity contribution in [2.75, 3.05) is 31.9 Å². The Hall–Kier alpha value is -1.48. The average Bonchev–Trinajstić information content (AvgIpc) is 3.13. The molecule has 0 saturated carbocycles. The van der Waals surface area contributed by atoms with Crippen molar-refractivity contribution in [3.63, 3.8) is 0 Å². The Morgan fingerprint density at radius 3 is 2.63 bits per heavy atom. The molecule has 164 valence electrons. The van der Waals surface area contributed by atoms with E-state index in [0.29, 0.717) is 35.1 Å². The summed E-state index contributed by atoms with van der Waals surface area (Å²) in [6.07, 6.45) is 6.19. The first-order valence-corrected chi connectivity index (χ1v) is 13.3. The van der Waals surface area contributed by atoms with E-state index >= 15 is 0 Å². The van der Waals surface area contributed by atoms with Gasteiger partial charge in [0, 0.05) is 30.6 Å². The Balaban J connectivity index is 1.36. The van der Waals surface area contributed by atoms with Gasteiger partial charge in [-0.15, -0.1) is 11.3 Å². The lowest BCUT2D eigenvalue weighted by Crippen LogP contribution is -2.45. The maximum Gasteiger partial charge on any atom is 0.243 e. The molecular weight excluding hydrogens is 416 g/mol. The van der Waals surface area contributed by atoms with Gasteiger partial charge in [0.25, 0.3) is 0 Å². The molecule has 1 aliphatic carbocycles. The third kappa shape index (κ3) is 4.72. The summed E-state index contributed by atoms with van der Waals surface area (Å²) in [7, 11) is -3.37. The molecule has 1 fully saturated rings. The fourth-order valence-electron chi connectivity index (χ4n) is 4.80. The van der Waals surface area contributed by atoms with Crippen molar-refractivity contribution in [3.05, 3.63) is 40.9 Å². The molecule has 0 unspecified atom stereocenters. The van der Waals surface area contributed by atoms with Crippen LogP contribution >= 0.6 is 11.3 Å². The summed E-state index contributed by atoms with van der Waals surface area (Å²) in [5, 5.41) is 0.690. The van der Waals surface area contributed by atoms with Crippen LogP contribution in [0.3, 0.4) is 0 Å². The summed E-state index contributed by atoms with van der Waals surface area (Å²) in [5.74, 6) is 0.548. The SMILES string of the molecule is CCCN(CC1CCN(S(=O)(=O)c2ccccc2)CC1)[C@H]1CCc2nc(N)sc2C1. The van der Waals surface area contributed by atoms with Gasteiger partial charge in [0.05, 0.1) is 10.6 Å². The van der Waals surface area contributed by atoms with Crippen LogP contribution < -0.4 is 5.73 Å². The van der Waals surface area contributed by atoms with Crippen LogP contribution in [-0.4, -0.2) is 54.8 Å². The topological polar surface area (TPSA) is 79.5 Å². The molecule has 2 aromatic rings. The highest BCUT2D eigenvalue weighted by atomic mass is 32.2. The second kappa shape index (κ2) is 9.34. The summed E-state index contributed by atoms with van der Waals surface area (Å²) in [5.41, 5.74) is 7.12. The fourth-order valence-corrected chi connectivity index (χ4v) is 7.25. The van der Waals surface area contributed by atoms with E-state index < -0.39 is 10.0 Å². The van der Waals surface area contributed by atoms with Gasteiger partial charge in [0.15, 0.2) is 5.13 Å². The van der Waals surface area contributed by atoms with Gasteiger partial charge in [-0.3, -0.25) is 4.90 Å². The molecule has 1 aromatic carbocycles. The molecule has 2 heterocycles. The Labute approximate surface area is 184 Å². The Bertz CT molecular complexity index is 937. The number of nitrogens with two attached hydrogens (primary N) is 1. The van der Waals surface area contributed by atoms with E-state index in [-0.39, 0.29) is 0 Å². The van der Waals surface area contributed by atoms with Gasteiger partial charge in [-0.05, 0) is 63.1 Å². The molecule has 4 rings (SSSR count). The van der Waals surface area contributed by atoms with E-state index in [1.165, 1.54) is 10.6 Å². The first-order chi connectivity index (χ1) is 14.5. The maximum atomic E-state index is 12.9. The van der Waals surface area contributed by atoms with Crippen LogP contribution in [-0.2, 0) is 22.9 Å². The molecule has 0 spiro atoms. The molecule has 0 bridgehead atoms. The molecule has 6 nitrogen and oxygen atoms in total. The van der Waals surface area contributed by atoms with E-state index in [1.807, 2.05) is 6.07 Å². The number of fused-ring (bicyclic) bond motifs is 1. The quantitative estimate of drug-likeness (QED) is 0.702. The van der Waals surface area contributed by atoms with Gasteiger partial charge in [0.1, 0.15) is 0 Å². The summed E-state index contributed by atoms with van der Waals surface area (Å²) in [6, 6.07) is 9.34. The molecule has 2 N–H and O–H groups in total. The molecule has 30 heavy (non-hydrogen) atoms. The van der Waals surface area contributed by atoms with Crippen molar-refractivity contribution in [3.8, 4) is 0 Å². The highest BCUT2D eigenvalue weighted by Gasteiger charge is 2.32. The number of nitrogens with zero attached hydrogens (tertiary/aromatic N) is 3. The zero-order chi connectivity index (χ0) is 21.1. The van der Waals surface area contributed by atoms with E-state index in [4.69, 9.17) is 5.73 Å². The van der Waals surface area contributed by atoms with Crippen molar-refractivity contribution < 1.29 is 8.42 Å². The minimum atomic E-state index is -3.37. The molecular formula is C22H32N4O2S2. The predicted molar refractivity (Wildman–Crippen MR) is 122 cm³/mol. The van der Waals surface area contributed by atoms with E-state index in [1.54, 1.807) is 39.9 Å². The number of benzene rings is 1. The third-order valence-corrected chi connectivity index (χ3v) is 9.27. The van der Waals surface area contributed by atoms with Gasteiger partial charge in [0.2, 0.25) is 10.0 Å². The van der Waals surface area contributed by atoms with Crippen LogP contribution in [0.4, 0.5) is 5.13 Å². The fraction of sp³-hybridized carbons (Fsp3) is 0.591. The zero-order valence-corrected chi connectivity index (χ0v) is 19.3. The first kappa shape index (κ1) is 21.7. The molecule has 1 saturated heterocycles. The van der Waals surface area contributed by atoms with Crippen molar-refractivity contribution in [2.24, 2.45) is 5.92 Å². The summed E-state index contributed by atoms with van der Waals surface area (Å²) >= 11 is 1.64. The van der Waals surface area contributed by atoms with Gasteiger partial charge in [-0.1, -0.05) is 25.1 Å². The highest BCUT2D eigenvalue weighted by molar-refractivity contribution is 7.89. The van der Waals surface area contributed by atoms with Gasteiger partial charge in [-0.2, -0.15) is 4.31 Å². The summed E-state index contributed by atoms with van der Waals surface area (Å²) in [6.45, 7) is 5.61. The van der Waals surface area contributed by atoms with Crippen LogP contribution in [0.15, 0.2) is 35.2 Å². The summed E-state index contributed by atoms with van der Waals surface area (Å²) in [4.78, 5) is 8.88. The highest BCUT2D eigenvalue weighted by Crippen LogP contribution is 2.32. The van der Waals surface area contributed by atoms with E-state index in [0.717, 1.165) is 51.6 Å². The van der Waals surface area contributed by atoms with Crippen LogP contribution in [0.25, 0.3) is 0 Å². The average molecular weight is 449 g/mol. The van der Waals surface area contributed by atoms with Gasteiger partial charge < -0.3 is 5.73 Å². The number of aryl methyl sites for hydroxylation is 1. The maximum absolute atomic E-state index is 12.9. The lowest BCUT2D eigenvalue weighted by Gasteiger charge is -2.38. The standard InChI is InChI=1S/C22H32N4O2S2/c1-2-12-25(18-8-9-20-21(15-18)29-22(23)24-20)16-17-10-13-26(14-11-17)30(27,28)19-6-4-3-5-7-19/h3-7,17-18H,2,8-16H2,1H3,(H2,23,24)/t18-/m0/s1. The third-order valence-electron chi connectivity index (χ3n) is 6.40. The Morgan fingerprint density at radius 2 is 1.93 bits per heavy atom. The zero-order valence-electron chi connectivity index (χ0n) is 17.7. The number of thiazole rings is 1. The number of nitrogen functional groups attached to an aromatic ring is 1. The van der Waals surface area contributed by atoms with Crippen molar-refractivity contribution in [1.82, 2.24) is 14.2 Å². The van der Waals surface area contributed by atoms with Crippen molar-refractivity contribution >= 4 is 26.5 Å². The number of hydrogen-bond donors (Lipinski definition) is 1. The molecule has 2 aliphatic rings. The van der Waals surface area contributed by atoms with Gasteiger partial charge in [-0.25, -0.2) is 13.4 Å². The molecule has 8 heteroatoms. The number of rotatable bonds is 7. The lowest BCUT2D eigenvalue weighted by molar-refractivity contribution is 0.129. The predicted octanol–water partition coefficient (Wildman–Crippen LogP) is 3.40. The molecule has 0 amide bonds. The van der Waals surface area contributed by atoms with Gasteiger partial charge >= 0.3 is 0 Å². The number of anilines is 1. The molecule has 1 aliphatic heterocycles. The number of aromatic nitrogens is 1. The van der Waals surface area contributed by atoms with Crippen LogP contribution in [0.2, 0.25) is 0 Å².